The molecule has 1 aliphatic rings. The van der Waals surface area contributed by atoms with E-state index in [1.54, 1.807) is 24.1 Å². The van der Waals surface area contributed by atoms with Crippen LogP contribution in [0.5, 0.6) is 0 Å². The molecule has 0 spiro atoms. The van der Waals surface area contributed by atoms with Crippen LogP contribution in [0.15, 0.2) is 29.2 Å². The molecule has 0 aliphatic carbocycles. The summed E-state index contributed by atoms with van der Waals surface area (Å²) in [6.45, 7) is 0.568. The molecule has 1 unspecified atom stereocenters. The van der Waals surface area contributed by atoms with Gasteiger partial charge in [-0.25, -0.2) is 13.6 Å². The second kappa shape index (κ2) is 4.68. The summed E-state index contributed by atoms with van der Waals surface area (Å²) in [5, 5.41) is 7.99. The third-order valence-corrected chi connectivity index (χ3v) is 3.92. The van der Waals surface area contributed by atoms with Crippen molar-refractivity contribution < 1.29 is 13.2 Å². The van der Waals surface area contributed by atoms with Gasteiger partial charge in [0, 0.05) is 12.2 Å². The summed E-state index contributed by atoms with van der Waals surface area (Å²) in [6.07, 6.45) is 0.703. The molecule has 1 atom stereocenters. The first-order valence-corrected chi connectivity index (χ1v) is 7.09. The molecule has 1 aliphatic heterocycles. The van der Waals surface area contributed by atoms with Crippen molar-refractivity contribution in [2.24, 2.45) is 5.14 Å². The molecule has 0 bridgehead atoms. The van der Waals surface area contributed by atoms with Gasteiger partial charge >= 0.3 is 0 Å². The molecule has 0 radical (unpaired) electrons. The van der Waals surface area contributed by atoms with E-state index in [-0.39, 0.29) is 16.8 Å². The topological polar surface area (TPSA) is 92.5 Å². The second-order valence-electron chi connectivity index (χ2n) is 4.16. The van der Waals surface area contributed by atoms with Gasteiger partial charge in [-0.2, -0.15) is 0 Å². The van der Waals surface area contributed by atoms with Gasteiger partial charge in [-0.05, 0) is 31.7 Å². The van der Waals surface area contributed by atoms with E-state index in [1.165, 1.54) is 12.1 Å². The molecule has 1 saturated heterocycles. The monoisotopic (exact) mass is 269 g/mol. The average molecular weight is 269 g/mol. The highest BCUT2D eigenvalue weighted by atomic mass is 32.2. The fourth-order valence-corrected chi connectivity index (χ4v) is 2.59. The molecular weight excluding hydrogens is 254 g/mol. The normalized spacial score (nSPS) is 20.4. The van der Waals surface area contributed by atoms with Gasteiger partial charge in [-0.3, -0.25) is 4.79 Å². The maximum absolute atomic E-state index is 12.0. The van der Waals surface area contributed by atoms with E-state index in [1.807, 2.05) is 0 Å². The molecule has 1 amide bonds. The SMILES string of the molecule is CNC1CCN(c2cccc(S(N)(=O)=O)c2)C1=O. The number of rotatable bonds is 3. The van der Waals surface area contributed by atoms with E-state index in [0.29, 0.717) is 18.7 Å². The minimum atomic E-state index is -3.75. The van der Waals surface area contributed by atoms with Crippen LogP contribution in [0.3, 0.4) is 0 Å². The number of sulfonamides is 1. The molecule has 0 aromatic heterocycles. The summed E-state index contributed by atoms with van der Waals surface area (Å²) in [5.41, 5.74) is 0.560. The van der Waals surface area contributed by atoms with Crippen LogP contribution in [0, 0.1) is 0 Å². The van der Waals surface area contributed by atoms with Gasteiger partial charge in [0.15, 0.2) is 0 Å². The Labute approximate surface area is 106 Å². The Balaban J connectivity index is 2.33. The number of nitrogens with zero attached hydrogens (tertiary/aromatic N) is 1. The van der Waals surface area contributed by atoms with Gasteiger partial charge in [0.1, 0.15) is 0 Å². The lowest BCUT2D eigenvalue weighted by atomic mass is 10.2. The van der Waals surface area contributed by atoms with Gasteiger partial charge in [-0.1, -0.05) is 6.07 Å². The molecule has 1 fully saturated rings. The third-order valence-electron chi connectivity index (χ3n) is 3.01. The first-order valence-electron chi connectivity index (χ1n) is 5.55. The zero-order valence-corrected chi connectivity index (χ0v) is 10.8. The Kier molecular flexibility index (Phi) is 3.38. The van der Waals surface area contributed by atoms with Crippen LogP contribution in [0.2, 0.25) is 0 Å². The van der Waals surface area contributed by atoms with Crippen LogP contribution in [-0.4, -0.2) is 34.0 Å². The Morgan fingerprint density at radius 2 is 2.17 bits per heavy atom. The Hall–Kier alpha value is -1.44. The molecule has 0 saturated carbocycles. The van der Waals surface area contributed by atoms with E-state index >= 15 is 0 Å². The highest BCUT2D eigenvalue weighted by molar-refractivity contribution is 7.89. The lowest BCUT2D eigenvalue weighted by Gasteiger charge is -2.17. The number of amides is 1. The van der Waals surface area contributed by atoms with Crippen molar-refractivity contribution in [1.82, 2.24) is 5.32 Å². The number of primary sulfonamides is 1. The number of nitrogens with two attached hydrogens (primary N) is 1. The summed E-state index contributed by atoms with van der Waals surface area (Å²) < 4.78 is 22.5. The molecule has 1 aromatic carbocycles. The van der Waals surface area contributed by atoms with E-state index in [9.17, 15) is 13.2 Å². The summed E-state index contributed by atoms with van der Waals surface area (Å²) in [7, 11) is -2.02. The summed E-state index contributed by atoms with van der Waals surface area (Å²) in [6, 6.07) is 5.91. The van der Waals surface area contributed by atoms with Crippen LogP contribution in [-0.2, 0) is 14.8 Å². The number of nitrogens with one attached hydrogen (secondary N) is 1. The van der Waals surface area contributed by atoms with Crippen molar-refractivity contribution in [1.29, 1.82) is 0 Å². The molecular formula is C11H15N3O3S. The predicted octanol–water partition coefficient (Wildman–Crippen LogP) is -0.341. The highest BCUT2D eigenvalue weighted by Crippen LogP contribution is 2.23. The molecule has 7 heteroatoms. The summed E-state index contributed by atoms with van der Waals surface area (Å²) in [5.74, 6) is -0.0518. The lowest BCUT2D eigenvalue weighted by Crippen LogP contribution is -2.36. The number of carbonyl (C=O) groups is 1. The van der Waals surface area contributed by atoms with Gasteiger partial charge in [0.25, 0.3) is 0 Å². The lowest BCUT2D eigenvalue weighted by molar-refractivity contribution is -0.118. The van der Waals surface area contributed by atoms with Crippen LogP contribution in [0.1, 0.15) is 6.42 Å². The molecule has 6 nitrogen and oxygen atoms in total. The number of likely N-dealkylation sites (N-methyl/N-ethyl adjacent to an activating group) is 1. The minimum absolute atomic E-state index is 0.0145. The van der Waals surface area contributed by atoms with Gasteiger partial charge in [-0.15, -0.1) is 0 Å². The standard InChI is InChI=1S/C11H15N3O3S/c1-13-10-5-6-14(11(10)15)8-3-2-4-9(7-8)18(12,16)17/h2-4,7,10,13H,5-6H2,1H3,(H2,12,16,17). The number of hydrogen-bond acceptors (Lipinski definition) is 4. The molecule has 1 heterocycles. The Morgan fingerprint density at radius 3 is 2.72 bits per heavy atom. The molecule has 2 rings (SSSR count). The van der Waals surface area contributed by atoms with E-state index in [0.717, 1.165) is 0 Å². The van der Waals surface area contributed by atoms with Gasteiger partial charge in [0.05, 0.1) is 10.9 Å². The third kappa shape index (κ3) is 2.38. The fourth-order valence-electron chi connectivity index (χ4n) is 2.03. The zero-order valence-electron chi connectivity index (χ0n) is 9.96. The van der Waals surface area contributed by atoms with Crippen molar-refractivity contribution in [3.63, 3.8) is 0 Å². The van der Waals surface area contributed by atoms with Crippen molar-refractivity contribution >= 4 is 21.6 Å². The highest BCUT2D eigenvalue weighted by Gasteiger charge is 2.31. The van der Waals surface area contributed by atoms with Gasteiger partial charge in [0.2, 0.25) is 15.9 Å². The Morgan fingerprint density at radius 1 is 1.44 bits per heavy atom. The van der Waals surface area contributed by atoms with E-state index in [4.69, 9.17) is 5.14 Å². The van der Waals surface area contributed by atoms with Crippen LogP contribution < -0.4 is 15.4 Å². The van der Waals surface area contributed by atoms with Crippen molar-refractivity contribution in [2.75, 3.05) is 18.5 Å². The maximum Gasteiger partial charge on any atom is 0.244 e. The van der Waals surface area contributed by atoms with E-state index < -0.39 is 10.0 Å². The van der Waals surface area contributed by atoms with Crippen LogP contribution >= 0.6 is 0 Å². The first kappa shape index (κ1) is 13.0. The minimum Gasteiger partial charge on any atom is -0.311 e. The fraction of sp³-hybridized carbons (Fsp3) is 0.364. The zero-order chi connectivity index (χ0) is 13.3. The van der Waals surface area contributed by atoms with Crippen LogP contribution in [0.25, 0.3) is 0 Å². The molecule has 18 heavy (non-hydrogen) atoms. The number of anilines is 1. The summed E-state index contributed by atoms with van der Waals surface area (Å²) >= 11 is 0. The number of benzene rings is 1. The smallest absolute Gasteiger partial charge is 0.244 e. The molecule has 3 N–H and O–H groups in total. The van der Waals surface area contributed by atoms with Crippen molar-refractivity contribution in [2.45, 2.75) is 17.4 Å². The van der Waals surface area contributed by atoms with Crippen molar-refractivity contribution in [3.8, 4) is 0 Å². The largest absolute Gasteiger partial charge is 0.311 e. The molecule has 98 valence electrons. The maximum atomic E-state index is 12.0. The number of hydrogen-bond donors (Lipinski definition) is 2. The molecule has 1 aromatic rings. The first-order chi connectivity index (χ1) is 8.43. The van der Waals surface area contributed by atoms with Crippen molar-refractivity contribution in [3.05, 3.63) is 24.3 Å². The predicted molar refractivity (Wildman–Crippen MR) is 67.6 cm³/mol. The quantitative estimate of drug-likeness (QED) is 0.785. The van der Waals surface area contributed by atoms with E-state index in [2.05, 4.69) is 5.32 Å². The van der Waals surface area contributed by atoms with Crippen LogP contribution in [0.4, 0.5) is 5.69 Å². The summed E-state index contributed by atoms with van der Waals surface area (Å²) in [4.78, 5) is 13.6. The Bertz CT molecular complexity index is 571. The second-order valence-corrected chi connectivity index (χ2v) is 5.72. The number of carbonyl (C=O) groups excluding carboxylic acids is 1. The average Bonchev–Trinajstić information content (AvgIpc) is 2.69. The van der Waals surface area contributed by atoms with Gasteiger partial charge < -0.3 is 10.2 Å².